The maximum atomic E-state index is 13.0. The summed E-state index contributed by atoms with van der Waals surface area (Å²) in [7, 11) is 1.62. The molecule has 0 bridgehead atoms. The number of aromatic nitrogens is 4. The first-order chi connectivity index (χ1) is 12.5. The van der Waals surface area contributed by atoms with Gasteiger partial charge < -0.3 is 14.6 Å². The molecule has 0 aliphatic carbocycles. The van der Waals surface area contributed by atoms with Crippen LogP contribution in [0.15, 0.2) is 39.9 Å². The van der Waals surface area contributed by atoms with E-state index in [9.17, 15) is 14.7 Å². The molecular formula is C18H21N5O3. The average Bonchev–Trinajstić information content (AvgIpc) is 3.03. The monoisotopic (exact) mass is 355 g/mol. The molecule has 8 heteroatoms. The van der Waals surface area contributed by atoms with Crippen LogP contribution in [0.2, 0.25) is 0 Å². The molecule has 0 fully saturated rings. The van der Waals surface area contributed by atoms with Gasteiger partial charge >= 0.3 is 5.69 Å². The zero-order valence-corrected chi connectivity index (χ0v) is 14.8. The van der Waals surface area contributed by atoms with Gasteiger partial charge in [0.1, 0.15) is 0 Å². The summed E-state index contributed by atoms with van der Waals surface area (Å²) in [6, 6.07) is 9.59. The number of anilines is 2. The van der Waals surface area contributed by atoms with Gasteiger partial charge in [0, 0.05) is 19.3 Å². The minimum atomic E-state index is -0.642. The quantitative estimate of drug-likeness (QED) is 0.752. The first kappa shape index (κ1) is 16.6. The van der Waals surface area contributed by atoms with E-state index in [2.05, 4.69) is 4.98 Å². The van der Waals surface area contributed by atoms with Gasteiger partial charge in [-0.2, -0.15) is 4.98 Å². The second-order valence-electron chi connectivity index (χ2n) is 6.59. The molecule has 1 aromatic carbocycles. The van der Waals surface area contributed by atoms with Crippen LogP contribution in [0, 0.1) is 0 Å². The van der Waals surface area contributed by atoms with E-state index in [1.807, 2.05) is 42.2 Å². The summed E-state index contributed by atoms with van der Waals surface area (Å²) in [5.74, 6) is 0.567. The second kappa shape index (κ2) is 6.14. The summed E-state index contributed by atoms with van der Waals surface area (Å²) >= 11 is 0. The highest BCUT2D eigenvalue weighted by Crippen LogP contribution is 2.30. The van der Waals surface area contributed by atoms with Crippen LogP contribution in [0.3, 0.4) is 0 Å². The van der Waals surface area contributed by atoms with Crippen molar-refractivity contribution in [2.45, 2.75) is 32.5 Å². The number of imidazole rings is 1. The largest absolute Gasteiger partial charge is 0.389 e. The maximum Gasteiger partial charge on any atom is 0.332 e. The Kier molecular flexibility index (Phi) is 3.91. The standard InChI is InChI=1S/C18H21N5O3/c1-3-9-21-16(25)14-15(20(2)18(21)26)19-17-22(10-13(24)11-23(14)17)12-7-5-4-6-8-12/h4-8,13,24H,3,9-11H2,1-2H3/t13-/m1/s1. The topological polar surface area (TPSA) is 85.3 Å². The molecule has 26 heavy (non-hydrogen) atoms. The lowest BCUT2D eigenvalue weighted by Crippen LogP contribution is -2.41. The zero-order valence-electron chi connectivity index (χ0n) is 14.8. The first-order valence-electron chi connectivity index (χ1n) is 8.73. The molecule has 0 saturated carbocycles. The van der Waals surface area contributed by atoms with Gasteiger partial charge in [-0.05, 0) is 18.6 Å². The predicted molar refractivity (Wildman–Crippen MR) is 99.0 cm³/mol. The SMILES string of the molecule is CCCn1c(=O)c2c(nc3n2C[C@H](O)CN3c2ccccc2)n(C)c1=O. The predicted octanol–water partition coefficient (Wildman–Crippen LogP) is 0.819. The molecule has 2 aromatic heterocycles. The van der Waals surface area contributed by atoms with Crippen molar-refractivity contribution >= 4 is 22.8 Å². The summed E-state index contributed by atoms with van der Waals surface area (Å²) in [6.45, 7) is 2.93. The Labute approximate surface area is 149 Å². The van der Waals surface area contributed by atoms with Gasteiger partial charge in [0.25, 0.3) is 5.56 Å². The van der Waals surface area contributed by atoms with Crippen molar-refractivity contribution in [3.8, 4) is 0 Å². The highest BCUT2D eigenvalue weighted by atomic mass is 16.3. The van der Waals surface area contributed by atoms with E-state index in [1.165, 1.54) is 9.13 Å². The minimum absolute atomic E-state index is 0.273. The summed E-state index contributed by atoms with van der Waals surface area (Å²) in [5.41, 5.74) is 0.853. The van der Waals surface area contributed by atoms with Crippen molar-refractivity contribution in [3.05, 3.63) is 51.2 Å². The number of hydrogen-bond donors (Lipinski definition) is 1. The Balaban J connectivity index is 2.03. The van der Waals surface area contributed by atoms with Gasteiger partial charge in [-0.1, -0.05) is 25.1 Å². The minimum Gasteiger partial charge on any atom is -0.389 e. The number of aliphatic hydroxyl groups is 1. The van der Waals surface area contributed by atoms with Crippen LogP contribution in [0.4, 0.5) is 11.6 Å². The highest BCUT2D eigenvalue weighted by molar-refractivity contribution is 5.77. The van der Waals surface area contributed by atoms with E-state index >= 15 is 0 Å². The number of rotatable bonds is 3. The first-order valence-corrected chi connectivity index (χ1v) is 8.73. The molecular weight excluding hydrogens is 334 g/mol. The molecule has 4 rings (SSSR count). The van der Waals surface area contributed by atoms with E-state index in [0.29, 0.717) is 36.6 Å². The Hall–Kier alpha value is -2.87. The van der Waals surface area contributed by atoms with Gasteiger partial charge in [0.2, 0.25) is 5.95 Å². The van der Waals surface area contributed by atoms with Crippen molar-refractivity contribution in [3.63, 3.8) is 0 Å². The maximum absolute atomic E-state index is 13.0. The number of fused-ring (bicyclic) bond motifs is 3. The summed E-state index contributed by atoms with van der Waals surface area (Å²) < 4.78 is 4.38. The van der Waals surface area contributed by atoms with Gasteiger partial charge in [0.15, 0.2) is 11.2 Å². The molecule has 8 nitrogen and oxygen atoms in total. The molecule has 1 atom stereocenters. The molecule has 0 saturated heterocycles. The van der Waals surface area contributed by atoms with Gasteiger partial charge in [-0.15, -0.1) is 0 Å². The molecule has 3 heterocycles. The third kappa shape index (κ3) is 2.37. The fourth-order valence-corrected chi connectivity index (χ4v) is 3.55. The van der Waals surface area contributed by atoms with Gasteiger partial charge in [-0.25, -0.2) is 4.79 Å². The molecule has 136 valence electrons. The number of benzene rings is 1. The normalized spacial score (nSPS) is 16.9. The number of aliphatic hydroxyl groups excluding tert-OH is 1. The molecule has 3 aromatic rings. The Morgan fingerprint density at radius 3 is 2.62 bits per heavy atom. The van der Waals surface area contributed by atoms with Crippen molar-refractivity contribution in [2.75, 3.05) is 11.4 Å². The Bertz CT molecular complexity index is 1080. The Morgan fingerprint density at radius 1 is 1.19 bits per heavy atom. The fraction of sp³-hybridized carbons (Fsp3) is 0.389. The van der Waals surface area contributed by atoms with Crippen LogP contribution in [0.25, 0.3) is 11.2 Å². The summed E-state index contributed by atoms with van der Waals surface area (Å²) in [4.78, 5) is 32.0. The summed E-state index contributed by atoms with van der Waals surface area (Å²) in [5, 5.41) is 10.4. The van der Waals surface area contributed by atoms with E-state index in [-0.39, 0.29) is 17.8 Å². The molecule has 0 radical (unpaired) electrons. The van der Waals surface area contributed by atoms with E-state index < -0.39 is 6.10 Å². The van der Waals surface area contributed by atoms with E-state index in [1.54, 1.807) is 11.6 Å². The van der Waals surface area contributed by atoms with Crippen LogP contribution >= 0.6 is 0 Å². The van der Waals surface area contributed by atoms with Crippen LogP contribution in [0.1, 0.15) is 13.3 Å². The average molecular weight is 355 g/mol. The van der Waals surface area contributed by atoms with Crippen LogP contribution in [0.5, 0.6) is 0 Å². The number of β-amino-alcohol motifs (C(OH)–C–C–N with tert-alkyl or cyclic N) is 1. The van der Waals surface area contributed by atoms with E-state index in [4.69, 9.17) is 0 Å². The van der Waals surface area contributed by atoms with Gasteiger partial charge in [0.05, 0.1) is 19.2 Å². The zero-order chi connectivity index (χ0) is 18.4. The lowest BCUT2D eigenvalue weighted by atomic mass is 10.2. The van der Waals surface area contributed by atoms with Gasteiger partial charge in [-0.3, -0.25) is 13.9 Å². The van der Waals surface area contributed by atoms with Crippen molar-refractivity contribution < 1.29 is 5.11 Å². The smallest absolute Gasteiger partial charge is 0.332 e. The fourth-order valence-electron chi connectivity index (χ4n) is 3.55. The summed E-state index contributed by atoms with van der Waals surface area (Å²) in [6.07, 6.45) is 0.0387. The molecule has 1 aliphatic heterocycles. The molecule has 1 N–H and O–H groups in total. The Morgan fingerprint density at radius 2 is 1.92 bits per heavy atom. The number of nitrogens with zero attached hydrogens (tertiary/aromatic N) is 5. The van der Waals surface area contributed by atoms with Crippen LogP contribution in [-0.2, 0) is 20.1 Å². The number of hydrogen-bond acceptors (Lipinski definition) is 5. The van der Waals surface area contributed by atoms with Crippen molar-refractivity contribution in [1.29, 1.82) is 0 Å². The highest BCUT2D eigenvalue weighted by Gasteiger charge is 2.30. The molecule has 0 amide bonds. The molecule has 1 aliphatic rings. The molecule has 0 spiro atoms. The third-order valence-electron chi connectivity index (χ3n) is 4.76. The third-order valence-corrected chi connectivity index (χ3v) is 4.76. The van der Waals surface area contributed by atoms with Crippen LogP contribution < -0.4 is 16.1 Å². The van der Waals surface area contributed by atoms with E-state index in [0.717, 1.165) is 5.69 Å². The number of aryl methyl sites for hydroxylation is 1. The van der Waals surface area contributed by atoms with Crippen molar-refractivity contribution in [2.24, 2.45) is 7.05 Å². The lowest BCUT2D eigenvalue weighted by Gasteiger charge is -2.32. The van der Waals surface area contributed by atoms with Crippen LogP contribution in [-0.4, -0.2) is 36.4 Å². The lowest BCUT2D eigenvalue weighted by molar-refractivity contribution is 0.154. The molecule has 0 unspecified atom stereocenters. The number of para-hydroxylation sites is 1. The second-order valence-corrected chi connectivity index (χ2v) is 6.59. The van der Waals surface area contributed by atoms with Crippen molar-refractivity contribution in [1.82, 2.24) is 18.7 Å².